The maximum absolute atomic E-state index is 2.47. The predicted molar refractivity (Wildman–Crippen MR) is 135 cm³/mol. The van der Waals surface area contributed by atoms with Gasteiger partial charge in [0, 0.05) is 38.8 Å². The molecule has 1 aliphatic carbocycles. The molecule has 0 saturated carbocycles. The maximum Gasteiger partial charge on any atom is 0.0562 e. The number of allylic oxidation sites excluding steroid dienone is 1. The van der Waals surface area contributed by atoms with Crippen LogP contribution in [0.2, 0.25) is 0 Å². The van der Waals surface area contributed by atoms with Crippen LogP contribution in [0.25, 0.3) is 50.2 Å². The molecular weight excluding hydrogens is 388 g/mol. The first-order chi connectivity index (χ1) is 15.9. The molecule has 1 aliphatic rings. The van der Waals surface area contributed by atoms with E-state index in [9.17, 15) is 0 Å². The molecule has 0 bridgehead atoms. The van der Waals surface area contributed by atoms with Gasteiger partial charge < -0.3 is 9.13 Å². The average Bonchev–Trinajstić information content (AvgIpc) is 3.36. The first-order valence-electron chi connectivity index (χ1n) is 11.3. The molecule has 7 rings (SSSR count). The lowest BCUT2D eigenvalue weighted by Crippen LogP contribution is -2.02. The van der Waals surface area contributed by atoms with Gasteiger partial charge in [0.1, 0.15) is 0 Å². The standard InChI is InChI=1S/C30H22N2/c1-3-11-21(12-4-1)31-27-17-9-7-15-23(27)25-19-26-24-16-8-10-18-28(24)32(30(26)20-29(25)31)22-13-5-2-6-14-22/h1-9,11-17,19-20H,10,18H2. The molecule has 32 heavy (non-hydrogen) atoms. The van der Waals surface area contributed by atoms with E-state index >= 15 is 0 Å². The van der Waals surface area contributed by atoms with E-state index in [1.54, 1.807) is 0 Å². The lowest BCUT2D eigenvalue weighted by molar-refractivity contribution is 0.888. The van der Waals surface area contributed by atoms with Gasteiger partial charge in [0.05, 0.1) is 16.6 Å². The minimum Gasteiger partial charge on any atom is -0.313 e. The normalized spacial score (nSPS) is 13.2. The largest absolute Gasteiger partial charge is 0.313 e. The average molecular weight is 411 g/mol. The molecule has 2 nitrogen and oxygen atoms in total. The molecule has 152 valence electrons. The van der Waals surface area contributed by atoms with E-state index in [0.29, 0.717) is 0 Å². The molecule has 0 fully saturated rings. The lowest BCUT2D eigenvalue weighted by atomic mass is 10.0. The highest BCUT2D eigenvalue weighted by molar-refractivity contribution is 6.14. The smallest absolute Gasteiger partial charge is 0.0562 e. The Morgan fingerprint density at radius 1 is 0.531 bits per heavy atom. The number of rotatable bonds is 2. The molecule has 0 N–H and O–H groups in total. The number of nitrogens with zero attached hydrogens (tertiary/aromatic N) is 2. The van der Waals surface area contributed by atoms with E-state index in [1.807, 2.05) is 0 Å². The molecule has 2 aromatic heterocycles. The molecule has 4 aromatic carbocycles. The molecule has 2 heteroatoms. The second kappa shape index (κ2) is 6.73. The summed E-state index contributed by atoms with van der Waals surface area (Å²) in [6.45, 7) is 0. The summed E-state index contributed by atoms with van der Waals surface area (Å²) < 4.78 is 4.88. The first-order valence-corrected chi connectivity index (χ1v) is 11.3. The Hall–Kier alpha value is -4.04. The van der Waals surface area contributed by atoms with Gasteiger partial charge in [0.25, 0.3) is 0 Å². The first kappa shape index (κ1) is 17.6. The summed E-state index contributed by atoms with van der Waals surface area (Å²) >= 11 is 0. The van der Waals surface area contributed by atoms with Crippen LogP contribution in [-0.4, -0.2) is 9.13 Å². The van der Waals surface area contributed by atoms with Crippen molar-refractivity contribution in [3.63, 3.8) is 0 Å². The van der Waals surface area contributed by atoms with E-state index in [-0.39, 0.29) is 0 Å². The zero-order chi connectivity index (χ0) is 21.1. The van der Waals surface area contributed by atoms with Crippen LogP contribution in [0.4, 0.5) is 0 Å². The van der Waals surface area contributed by atoms with E-state index in [1.165, 1.54) is 55.3 Å². The molecule has 0 atom stereocenters. The van der Waals surface area contributed by atoms with Gasteiger partial charge in [0.2, 0.25) is 0 Å². The van der Waals surface area contributed by atoms with Gasteiger partial charge in [-0.2, -0.15) is 0 Å². The highest BCUT2D eigenvalue weighted by Crippen LogP contribution is 2.40. The van der Waals surface area contributed by atoms with Gasteiger partial charge in [-0.15, -0.1) is 0 Å². The SMILES string of the molecule is C1=Cc2c(n(-c3ccccc3)c3cc4c(cc23)c2ccccc2n4-c2ccccc2)CC1. The third-order valence-electron chi connectivity index (χ3n) is 6.76. The van der Waals surface area contributed by atoms with Crippen molar-refractivity contribution >= 4 is 38.8 Å². The summed E-state index contributed by atoms with van der Waals surface area (Å²) in [6.07, 6.45) is 6.80. The van der Waals surface area contributed by atoms with E-state index in [4.69, 9.17) is 0 Å². The van der Waals surface area contributed by atoms with Gasteiger partial charge in [0.15, 0.2) is 0 Å². The molecule has 0 saturated heterocycles. The van der Waals surface area contributed by atoms with Gasteiger partial charge in [-0.25, -0.2) is 0 Å². The van der Waals surface area contributed by atoms with Crippen molar-refractivity contribution in [1.82, 2.24) is 9.13 Å². The number of aromatic nitrogens is 2. The van der Waals surface area contributed by atoms with Crippen LogP contribution in [0.3, 0.4) is 0 Å². The predicted octanol–water partition coefficient (Wildman–Crippen LogP) is 7.69. The van der Waals surface area contributed by atoms with Gasteiger partial charge in [-0.3, -0.25) is 0 Å². The van der Waals surface area contributed by atoms with Crippen molar-refractivity contribution < 1.29 is 0 Å². The monoisotopic (exact) mass is 410 g/mol. The third-order valence-corrected chi connectivity index (χ3v) is 6.76. The van der Waals surface area contributed by atoms with Crippen molar-refractivity contribution in [3.05, 3.63) is 114 Å². The second-order valence-electron chi connectivity index (χ2n) is 8.55. The minimum atomic E-state index is 1.07. The topological polar surface area (TPSA) is 9.86 Å². The van der Waals surface area contributed by atoms with Crippen LogP contribution in [0.15, 0.2) is 103 Å². The molecule has 0 unspecified atom stereocenters. The Labute approximate surface area is 186 Å². The summed E-state index contributed by atoms with van der Waals surface area (Å²) in [5, 5.41) is 3.95. The molecule has 2 heterocycles. The number of hydrogen-bond acceptors (Lipinski definition) is 0. The fourth-order valence-electron chi connectivity index (χ4n) is 5.41. The number of fused-ring (bicyclic) bond motifs is 6. The maximum atomic E-state index is 2.47. The Balaban J connectivity index is 1.68. The molecule has 6 aromatic rings. The van der Waals surface area contributed by atoms with Crippen LogP contribution in [0.5, 0.6) is 0 Å². The molecule has 0 spiro atoms. The zero-order valence-electron chi connectivity index (χ0n) is 17.7. The van der Waals surface area contributed by atoms with E-state index < -0.39 is 0 Å². The Morgan fingerprint density at radius 2 is 1.19 bits per heavy atom. The summed E-state index contributed by atoms with van der Waals surface area (Å²) in [4.78, 5) is 0. The summed E-state index contributed by atoms with van der Waals surface area (Å²) in [6, 6.07) is 35.1. The molecule has 0 aliphatic heterocycles. The van der Waals surface area contributed by atoms with Gasteiger partial charge in [-0.1, -0.05) is 66.7 Å². The van der Waals surface area contributed by atoms with Crippen molar-refractivity contribution in [2.45, 2.75) is 12.8 Å². The van der Waals surface area contributed by atoms with E-state index in [2.05, 4.69) is 118 Å². The van der Waals surface area contributed by atoms with Crippen molar-refractivity contribution in [3.8, 4) is 11.4 Å². The molecule has 0 radical (unpaired) electrons. The molecular formula is C30H22N2. The zero-order valence-corrected chi connectivity index (χ0v) is 17.7. The van der Waals surface area contributed by atoms with Crippen LogP contribution in [0, 0.1) is 0 Å². The highest BCUT2D eigenvalue weighted by Gasteiger charge is 2.21. The minimum absolute atomic E-state index is 1.07. The van der Waals surface area contributed by atoms with Crippen LogP contribution >= 0.6 is 0 Å². The summed E-state index contributed by atoms with van der Waals surface area (Å²) in [5.41, 5.74) is 8.99. The Morgan fingerprint density at radius 3 is 1.97 bits per heavy atom. The second-order valence-corrected chi connectivity index (χ2v) is 8.55. The van der Waals surface area contributed by atoms with Crippen LogP contribution in [-0.2, 0) is 6.42 Å². The number of benzene rings is 4. The fourth-order valence-corrected chi connectivity index (χ4v) is 5.41. The lowest BCUT2D eigenvalue weighted by Gasteiger charge is -2.13. The number of hydrogen-bond donors (Lipinski definition) is 0. The highest BCUT2D eigenvalue weighted by atomic mass is 15.0. The van der Waals surface area contributed by atoms with E-state index in [0.717, 1.165) is 12.8 Å². The van der Waals surface area contributed by atoms with Crippen molar-refractivity contribution in [2.24, 2.45) is 0 Å². The van der Waals surface area contributed by atoms with Crippen molar-refractivity contribution in [2.75, 3.05) is 0 Å². The van der Waals surface area contributed by atoms with Crippen LogP contribution < -0.4 is 0 Å². The molecule has 0 amide bonds. The van der Waals surface area contributed by atoms with Crippen LogP contribution in [0.1, 0.15) is 17.7 Å². The summed E-state index contributed by atoms with van der Waals surface area (Å²) in [7, 11) is 0. The van der Waals surface area contributed by atoms with Crippen molar-refractivity contribution in [1.29, 1.82) is 0 Å². The van der Waals surface area contributed by atoms with Gasteiger partial charge in [-0.05, 0) is 55.3 Å². The Bertz CT molecular complexity index is 1650. The quantitative estimate of drug-likeness (QED) is 0.277. The third kappa shape index (κ3) is 2.41. The summed E-state index contributed by atoms with van der Waals surface area (Å²) in [5.74, 6) is 0. The van der Waals surface area contributed by atoms with Gasteiger partial charge >= 0.3 is 0 Å². The Kier molecular flexibility index (Phi) is 3.71. The number of para-hydroxylation sites is 3. The fraction of sp³-hybridized carbons (Fsp3) is 0.0667.